The zero-order valence-corrected chi connectivity index (χ0v) is 12.8. The summed E-state index contributed by atoms with van der Waals surface area (Å²) in [6, 6.07) is 3.29. The van der Waals surface area contributed by atoms with Gasteiger partial charge >= 0.3 is 0 Å². The van der Waals surface area contributed by atoms with Crippen LogP contribution >= 0.6 is 11.8 Å². The van der Waals surface area contributed by atoms with E-state index in [1.54, 1.807) is 23.5 Å². The minimum Gasteiger partial charge on any atom is -0.373 e. The Bertz CT molecular complexity index is 516. The maximum absolute atomic E-state index is 12.5. The minimum absolute atomic E-state index is 0.272. The molecule has 19 heavy (non-hydrogen) atoms. The Morgan fingerprint density at radius 2 is 2.32 bits per heavy atom. The fourth-order valence-electron chi connectivity index (χ4n) is 1.99. The van der Waals surface area contributed by atoms with Gasteiger partial charge < -0.3 is 5.32 Å². The van der Waals surface area contributed by atoms with Crippen molar-refractivity contribution in [2.75, 3.05) is 31.2 Å². The highest BCUT2D eigenvalue weighted by Crippen LogP contribution is 2.26. The number of hydrogen-bond acceptors (Lipinski definition) is 5. The third-order valence-corrected chi connectivity index (χ3v) is 6.41. The van der Waals surface area contributed by atoms with Crippen LogP contribution in [0.5, 0.6) is 0 Å². The second-order valence-corrected chi connectivity index (χ2v) is 7.74. The Labute approximate surface area is 118 Å². The Balaban J connectivity index is 2.20. The molecule has 0 amide bonds. The molecule has 106 valence electrons. The summed E-state index contributed by atoms with van der Waals surface area (Å²) in [5.74, 6) is 1.53. The highest BCUT2D eigenvalue weighted by molar-refractivity contribution is 8.00. The van der Waals surface area contributed by atoms with E-state index in [9.17, 15) is 8.42 Å². The molecule has 0 aliphatic carbocycles. The summed E-state index contributed by atoms with van der Waals surface area (Å²) in [6.45, 7) is 3.27. The molecule has 0 bridgehead atoms. The van der Waals surface area contributed by atoms with Crippen molar-refractivity contribution >= 4 is 27.6 Å². The van der Waals surface area contributed by atoms with E-state index in [2.05, 4.69) is 17.2 Å². The van der Waals surface area contributed by atoms with Gasteiger partial charge in [0.15, 0.2) is 0 Å². The number of hydrogen-bond donors (Lipinski definition) is 1. The molecule has 1 atom stereocenters. The van der Waals surface area contributed by atoms with Gasteiger partial charge in [0.2, 0.25) is 10.0 Å². The number of aromatic nitrogens is 1. The normalized spacial score (nSPS) is 21.3. The molecule has 0 aromatic carbocycles. The molecule has 0 radical (unpaired) electrons. The zero-order chi connectivity index (χ0) is 13.9. The van der Waals surface area contributed by atoms with Crippen molar-refractivity contribution in [2.45, 2.75) is 23.5 Å². The second-order valence-electron chi connectivity index (χ2n) is 4.39. The predicted molar refractivity (Wildman–Crippen MR) is 79.1 cm³/mol. The Morgan fingerprint density at radius 1 is 1.53 bits per heavy atom. The summed E-state index contributed by atoms with van der Waals surface area (Å²) in [5, 5.41) is 3.27. The zero-order valence-electron chi connectivity index (χ0n) is 11.2. The number of sulfonamides is 1. The average molecular weight is 301 g/mol. The molecular weight excluding hydrogens is 282 g/mol. The van der Waals surface area contributed by atoms with Gasteiger partial charge in [0.05, 0.1) is 0 Å². The predicted octanol–water partition coefficient (Wildman–Crippen LogP) is 1.64. The van der Waals surface area contributed by atoms with E-state index < -0.39 is 10.0 Å². The third-order valence-electron chi connectivity index (χ3n) is 3.19. The first kappa shape index (κ1) is 14.6. The van der Waals surface area contributed by atoms with Crippen molar-refractivity contribution in [3.05, 3.63) is 18.3 Å². The van der Waals surface area contributed by atoms with Crippen LogP contribution in [0.4, 0.5) is 5.82 Å². The van der Waals surface area contributed by atoms with Crippen LogP contribution in [0.2, 0.25) is 0 Å². The molecule has 0 saturated carbocycles. The van der Waals surface area contributed by atoms with E-state index in [0.717, 1.165) is 12.2 Å². The van der Waals surface area contributed by atoms with E-state index >= 15 is 0 Å². The van der Waals surface area contributed by atoms with Crippen LogP contribution in [-0.4, -0.2) is 48.8 Å². The molecule has 2 heterocycles. The van der Waals surface area contributed by atoms with Gasteiger partial charge in [-0.15, -0.1) is 0 Å². The van der Waals surface area contributed by atoms with Crippen LogP contribution in [0.3, 0.4) is 0 Å². The molecule has 1 fully saturated rings. The Kier molecular flexibility index (Phi) is 4.70. The first-order chi connectivity index (χ1) is 9.07. The largest absolute Gasteiger partial charge is 0.373 e. The minimum atomic E-state index is -3.40. The van der Waals surface area contributed by atoms with Crippen LogP contribution in [-0.2, 0) is 10.0 Å². The molecule has 1 aliphatic rings. The number of anilines is 1. The standard InChI is InChI=1S/C12H19N3O2S2/c1-3-10-9-15(6-7-18-10)19(16,17)11-4-5-12(13-2)14-8-11/h4-5,8,10H,3,6-7,9H2,1-2H3,(H,13,14). The van der Waals surface area contributed by atoms with E-state index in [-0.39, 0.29) is 4.90 Å². The lowest BCUT2D eigenvalue weighted by Gasteiger charge is -2.30. The van der Waals surface area contributed by atoms with Gasteiger partial charge in [-0.1, -0.05) is 6.92 Å². The smallest absolute Gasteiger partial charge is 0.244 e. The van der Waals surface area contributed by atoms with Crippen LogP contribution < -0.4 is 5.32 Å². The molecule has 7 heteroatoms. The summed E-state index contributed by atoms with van der Waals surface area (Å²) in [4.78, 5) is 4.35. The maximum Gasteiger partial charge on any atom is 0.244 e. The van der Waals surface area contributed by atoms with Gasteiger partial charge in [0, 0.05) is 37.3 Å². The van der Waals surface area contributed by atoms with E-state index in [4.69, 9.17) is 0 Å². The first-order valence-electron chi connectivity index (χ1n) is 6.33. The lowest BCUT2D eigenvalue weighted by Crippen LogP contribution is -2.41. The van der Waals surface area contributed by atoms with E-state index in [0.29, 0.717) is 24.2 Å². The van der Waals surface area contributed by atoms with Gasteiger partial charge in [0.25, 0.3) is 0 Å². The summed E-state index contributed by atoms with van der Waals surface area (Å²) in [6.07, 6.45) is 2.41. The quantitative estimate of drug-likeness (QED) is 0.916. The highest BCUT2D eigenvalue weighted by atomic mass is 32.2. The fourth-order valence-corrected chi connectivity index (χ4v) is 4.81. The van der Waals surface area contributed by atoms with E-state index in [1.807, 2.05) is 11.8 Å². The van der Waals surface area contributed by atoms with Crippen molar-refractivity contribution in [3.8, 4) is 0 Å². The van der Waals surface area contributed by atoms with Crippen LogP contribution in [0.15, 0.2) is 23.2 Å². The first-order valence-corrected chi connectivity index (χ1v) is 8.82. The molecule has 1 aromatic rings. The highest BCUT2D eigenvalue weighted by Gasteiger charge is 2.30. The van der Waals surface area contributed by atoms with Crippen LogP contribution in [0.1, 0.15) is 13.3 Å². The maximum atomic E-state index is 12.5. The van der Waals surface area contributed by atoms with Gasteiger partial charge in [-0.05, 0) is 18.6 Å². The lowest BCUT2D eigenvalue weighted by molar-refractivity contribution is 0.416. The Hall–Kier alpha value is -0.790. The fraction of sp³-hybridized carbons (Fsp3) is 0.583. The van der Waals surface area contributed by atoms with Crippen molar-refractivity contribution in [3.63, 3.8) is 0 Å². The van der Waals surface area contributed by atoms with Gasteiger partial charge in [-0.25, -0.2) is 13.4 Å². The van der Waals surface area contributed by atoms with E-state index in [1.165, 1.54) is 6.20 Å². The summed E-state index contributed by atoms with van der Waals surface area (Å²) >= 11 is 1.85. The number of nitrogens with zero attached hydrogens (tertiary/aromatic N) is 2. The van der Waals surface area contributed by atoms with Gasteiger partial charge in [-0.2, -0.15) is 16.1 Å². The molecule has 1 N–H and O–H groups in total. The second kappa shape index (κ2) is 6.11. The summed E-state index contributed by atoms with van der Waals surface area (Å²) < 4.78 is 26.6. The van der Waals surface area contributed by atoms with Crippen LogP contribution in [0, 0.1) is 0 Å². The SMILES string of the molecule is CCC1CN(S(=O)(=O)c2ccc(NC)nc2)CCS1. The topological polar surface area (TPSA) is 62.3 Å². The molecule has 0 spiro atoms. The van der Waals surface area contributed by atoms with Crippen LogP contribution in [0.25, 0.3) is 0 Å². The van der Waals surface area contributed by atoms with Crippen molar-refractivity contribution in [1.29, 1.82) is 0 Å². The van der Waals surface area contributed by atoms with Crippen molar-refractivity contribution in [2.24, 2.45) is 0 Å². The molecule has 2 rings (SSSR count). The Morgan fingerprint density at radius 3 is 2.89 bits per heavy atom. The molecular formula is C12H19N3O2S2. The number of nitrogens with one attached hydrogen (secondary N) is 1. The summed E-state index contributed by atoms with van der Waals surface area (Å²) in [7, 11) is -1.65. The number of thioether (sulfide) groups is 1. The summed E-state index contributed by atoms with van der Waals surface area (Å²) in [5.41, 5.74) is 0. The molecule has 1 saturated heterocycles. The van der Waals surface area contributed by atoms with Crippen molar-refractivity contribution in [1.82, 2.24) is 9.29 Å². The number of rotatable bonds is 4. The average Bonchev–Trinajstić information content (AvgIpc) is 2.47. The monoisotopic (exact) mass is 301 g/mol. The molecule has 1 unspecified atom stereocenters. The van der Waals surface area contributed by atoms with Gasteiger partial charge in [0.1, 0.15) is 10.7 Å². The third kappa shape index (κ3) is 3.21. The van der Waals surface area contributed by atoms with Crippen molar-refractivity contribution < 1.29 is 8.42 Å². The molecule has 1 aromatic heterocycles. The lowest BCUT2D eigenvalue weighted by atomic mass is 10.3. The molecule has 1 aliphatic heterocycles. The number of pyridine rings is 1. The molecule has 5 nitrogen and oxygen atoms in total. The van der Waals surface area contributed by atoms with Gasteiger partial charge in [-0.3, -0.25) is 0 Å².